The first-order valence-electron chi connectivity index (χ1n) is 6.87. The molecule has 0 aliphatic carbocycles. The lowest BCUT2D eigenvalue weighted by Crippen LogP contribution is -2.24. The molecule has 2 nitrogen and oxygen atoms in total. The van der Waals surface area contributed by atoms with Crippen molar-refractivity contribution in [2.24, 2.45) is 0 Å². The minimum absolute atomic E-state index is 0.246. The van der Waals surface area contributed by atoms with Crippen molar-refractivity contribution in [3.8, 4) is 0 Å². The average molecular weight is 247 g/mol. The maximum absolute atomic E-state index is 11.9. The van der Waals surface area contributed by atoms with E-state index >= 15 is 0 Å². The van der Waals surface area contributed by atoms with Gasteiger partial charge in [0.25, 0.3) is 0 Å². The molecular weight excluding hydrogens is 222 g/mol. The van der Waals surface area contributed by atoms with Crippen molar-refractivity contribution in [1.82, 2.24) is 5.32 Å². The minimum Gasteiger partial charge on any atom is -0.315 e. The third-order valence-electron chi connectivity index (χ3n) is 3.03. The average Bonchev–Trinajstić information content (AvgIpc) is 2.34. The minimum atomic E-state index is 0.246. The van der Waals surface area contributed by atoms with Crippen molar-refractivity contribution in [2.45, 2.75) is 52.5 Å². The third kappa shape index (κ3) is 5.01. The summed E-state index contributed by atoms with van der Waals surface area (Å²) in [6.45, 7) is 9.47. The Bertz CT molecular complexity index is 365. The predicted octanol–water partition coefficient (Wildman–Crippen LogP) is 3.77. The third-order valence-corrected chi connectivity index (χ3v) is 3.03. The van der Waals surface area contributed by atoms with Gasteiger partial charge in [-0.1, -0.05) is 52.0 Å². The van der Waals surface area contributed by atoms with Gasteiger partial charge in [-0.15, -0.1) is 0 Å². The van der Waals surface area contributed by atoms with Crippen molar-refractivity contribution in [3.63, 3.8) is 0 Å². The Morgan fingerprint density at radius 3 is 2.22 bits per heavy atom. The molecule has 0 atom stereocenters. The van der Waals surface area contributed by atoms with E-state index in [1.165, 1.54) is 5.56 Å². The summed E-state index contributed by atoms with van der Waals surface area (Å²) in [6.07, 6.45) is 1.53. The van der Waals surface area contributed by atoms with E-state index in [2.05, 4.69) is 45.1 Å². The molecule has 18 heavy (non-hydrogen) atoms. The van der Waals surface area contributed by atoms with Crippen LogP contribution in [0.1, 0.15) is 62.4 Å². The van der Waals surface area contributed by atoms with E-state index in [1.54, 1.807) is 0 Å². The first-order valence-corrected chi connectivity index (χ1v) is 6.87. The highest BCUT2D eigenvalue weighted by Gasteiger charge is 2.06. The summed E-state index contributed by atoms with van der Waals surface area (Å²) in [6, 6.07) is 8.51. The number of Topliss-reactive ketones (excluding diaryl/α,β-unsaturated/α-hetero) is 1. The largest absolute Gasteiger partial charge is 0.315 e. The van der Waals surface area contributed by atoms with Gasteiger partial charge in [0.2, 0.25) is 0 Å². The molecule has 0 heterocycles. The molecule has 100 valence electrons. The molecule has 0 amide bonds. The zero-order valence-corrected chi connectivity index (χ0v) is 12.0. The van der Waals surface area contributed by atoms with Crippen LogP contribution in [0.3, 0.4) is 0 Å². The fraction of sp³-hybridized carbons (Fsp3) is 0.562. The molecule has 1 aromatic carbocycles. The van der Waals surface area contributed by atoms with E-state index in [0.717, 1.165) is 18.5 Å². The predicted molar refractivity (Wildman–Crippen MR) is 77.2 cm³/mol. The molecule has 2 heteroatoms. The molecule has 0 spiro atoms. The van der Waals surface area contributed by atoms with Gasteiger partial charge < -0.3 is 5.32 Å². The van der Waals surface area contributed by atoms with Crippen molar-refractivity contribution in [1.29, 1.82) is 0 Å². The Morgan fingerprint density at radius 1 is 1.11 bits per heavy atom. The van der Waals surface area contributed by atoms with E-state index in [0.29, 0.717) is 18.4 Å². The van der Waals surface area contributed by atoms with Crippen molar-refractivity contribution in [3.05, 3.63) is 35.4 Å². The van der Waals surface area contributed by atoms with Crippen LogP contribution in [0, 0.1) is 0 Å². The first-order chi connectivity index (χ1) is 8.50. The second-order valence-electron chi connectivity index (χ2n) is 5.41. The highest BCUT2D eigenvalue weighted by molar-refractivity contribution is 5.96. The Labute approximate surface area is 111 Å². The number of carbonyl (C=O) groups is 1. The van der Waals surface area contributed by atoms with Gasteiger partial charge in [0.05, 0.1) is 0 Å². The topological polar surface area (TPSA) is 29.1 Å². The number of nitrogens with one attached hydrogen (secondary N) is 1. The van der Waals surface area contributed by atoms with Gasteiger partial charge in [-0.05, 0) is 24.4 Å². The van der Waals surface area contributed by atoms with Crippen molar-refractivity contribution >= 4 is 5.78 Å². The molecule has 0 aromatic heterocycles. The van der Waals surface area contributed by atoms with E-state index in [9.17, 15) is 4.79 Å². The Morgan fingerprint density at radius 2 is 1.72 bits per heavy atom. The first kappa shape index (κ1) is 14.9. The fourth-order valence-corrected chi connectivity index (χ4v) is 1.84. The smallest absolute Gasteiger partial charge is 0.162 e. The molecule has 0 unspecified atom stereocenters. The number of hydrogen-bond acceptors (Lipinski definition) is 2. The zero-order chi connectivity index (χ0) is 13.5. The van der Waals surface area contributed by atoms with Crippen LogP contribution in [0.15, 0.2) is 24.3 Å². The number of ketones is 1. The van der Waals surface area contributed by atoms with Crippen LogP contribution >= 0.6 is 0 Å². The lowest BCUT2D eigenvalue weighted by molar-refractivity contribution is 0.0979. The monoisotopic (exact) mass is 247 g/mol. The molecule has 0 saturated heterocycles. The zero-order valence-electron chi connectivity index (χ0n) is 12.0. The van der Waals surface area contributed by atoms with Gasteiger partial charge in [-0.3, -0.25) is 4.79 Å². The van der Waals surface area contributed by atoms with Crippen molar-refractivity contribution < 1.29 is 4.79 Å². The van der Waals surface area contributed by atoms with Crippen LogP contribution in [0.5, 0.6) is 0 Å². The van der Waals surface area contributed by atoms with Gasteiger partial charge in [-0.2, -0.15) is 0 Å². The highest BCUT2D eigenvalue weighted by atomic mass is 16.1. The molecule has 0 bridgehead atoms. The molecule has 1 N–H and O–H groups in total. The molecule has 1 aromatic rings. The maximum atomic E-state index is 11.9. The highest BCUT2D eigenvalue weighted by Crippen LogP contribution is 2.15. The van der Waals surface area contributed by atoms with Crippen LogP contribution in [0.25, 0.3) is 0 Å². The van der Waals surface area contributed by atoms with Crippen LogP contribution in [0.2, 0.25) is 0 Å². The molecular formula is C16H25NO. The standard InChI is InChI=1S/C16H25NO/c1-12(2)14-7-9-15(10-8-14)16(18)6-5-11-17-13(3)4/h7-10,12-13,17H,5-6,11H2,1-4H3. The normalized spacial score (nSPS) is 11.2. The molecule has 0 fully saturated rings. The Hall–Kier alpha value is -1.15. The van der Waals surface area contributed by atoms with Gasteiger partial charge in [0.1, 0.15) is 0 Å². The number of carbonyl (C=O) groups excluding carboxylic acids is 1. The fourth-order valence-electron chi connectivity index (χ4n) is 1.84. The summed E-state index contributed by atoms with van der Waals surface area (Å²) < 4.78 is 0. The van der Waals surface area contributed by atoms with E-state index in [1.807, 2.05) is 12.1 Å². The molecule has 1 rings (SSSR count). The van der Waals surface area contributed by atoms with Crippen molar-refractivity contribution in [2.75, 3.05) is 6.54 Å². The van der Waals surface area contributed by atoms with Crippen LogP contribution in [0.4, 0.5) is 0 Å². The summed E-state index contributed by atoms with van der Waals surface area (Å²) >= 11 is 0. The second kappa shape index (κ2) is 7.32. The summed E-state index contributed by atoms with van der Waals surface area (Å²) in [5, 5.41) is 3.32. The van der Waals surface area contributed by atoms with Gasteiger partial charge in [0.15, 0.2) is 5.78 Å². The lowest BCUT2D eigenvalue weighted by Gasteiger charge is -2.08. The Kier molecular flexibility index (Phi) is 6.06. The van der Waals surface area contributed by atoms with E-state index < -0.39 is 0 Å². The molecule has 0 radical (unpaired) electrons. The summed E-state index contributed by atoms with van der Waals surface area (Å²) in [5.74, 6) is 0.764. The van der Waals surface area contributed by atoms with Crippen LogP contribution in [-0.4, -0.2) is 18.4 Å². The van der Waals surface area contributed by atoms with Crippen LogP contribution in [-0.2, 0) is 0 Å². The summed E-state index contributed by atoms with van der Waals surface area (Å²) in [4.78, 5) is 11.9. The van der Waals surface area contributed by atoms with Gasteiger partial charge in [0, 0.05) is 18.0 Å². The maximum Gasteiger partial charge on any atom is 0.162 e. The van der Waals surface area contributed by atoms with Crippen LogP contribution < -0.4 is 5.32 Å². The lowest BCUT2D eigenvalue weighted by atomic mass is 9.99. The SMILES string of the molecule is CC(C)NCCCC(=O)c1ccc(C(C)C)cc1. The van der Waals surface area contributed by atoms with E-state index in [-0.39, 0.29) is 5.78 Å². The molecule has 0 aliphatic heterocycles. The van der Waals surface area contributed by atoms with Gasteiger partial charge >= 0.3 is 0 Å². The molecule has 0 aliphatic rings. The summed E-state index contributed by atoms with van der Waals surface area (Å²) in [7, 11) is 0. The Balaban J connectivity index is 2.42. The second-order valence-corrected chi connectivity index (χ2v) is 5.41. The van der Waals surface area contributed by atoms with Gasteiger partial charge in [-0.25, -0.2) is 0 Å². The molecule has 0 saturated carbocycles. The van der Waals surface area contributed by atoms with E-state index in [4.69, 9.17) is 0 Å². The quantitative estimate of drug-likeness (QED) is 0.587. The number of rotatable bonds is 7. The number of hydrogen-bond donors (Lipinski definition) is 1. The number of benzene rings is 1. The summed E-state index contributed by atoms with van der Waals surface area (Å²) in [5.41, 5.74) is 2.12.